The van der Waals surface area contributed by atoms with Crippen molar-refractivity contribution in [2.24, 2.45) is 5.92 Å². The third-order valence-electron chi connectivity index (χ3n) is 7.44. The lowest BCUT2D eigenvalue weighted by molar-refractivity contribution is -0.0862. The largest absolute Gasteiger partial charge is 0.390 e. The second kappa shape index (κ2) is 10.2. The third-order valence-corrected chi connectivity index (χ3v) is 8.52. The number of nitrogens with zero attached hydrogens (tertiary/aromatic N) is 3. The summed E-state index contributed by atoms with van der Waals surface area (Å²) in [7, 11) is 0. The maximum absolute atomic E-state index is 14.4. The molecule has 0 amide bonds. The first-order valence-electron chi connectivity index (χ1n) is 12.5. The topological polar surface area (TPSA) is 55.4 Å². The number of aliphatic hydroxyl groups is 1. The Morgan fingerprint density at radius 1 is 1.29 bits per heavy atom. The number of aromatic nitrogens is 2. The van der Waals surface area contributed by atoms with Gasteiger partial charge in [-0.2, -0.15) is 0 Å². The molecule has 0 bridgehead atoms. The molecule has 3 atom stereocenters. The van der Waals surface area contributed by atoms with Gasteiger partial charge in [0.1, 0.15) is 6.61 Å². The van der Waals surface area contributed by atoms with E-state index in [0.717, 1.165) is 59.0 Å². The molecule has 5 nitrogen and oxygen atoms in total. The summed E-state index contributed by atoms with van der Waals surface area (Å²) < 4.78 is 41.4. The predicted octanol–water partition coefficient (Wildman–Crippen LogP) is 4.81. The van der Waals surface area contributed by atoms with E-state index in [0.29, 0.717) is 18.8 Å². The average molecular weight is 507 g/mol. The summed E-state index contributed by atoms with van der Waals surface area (Å²) >= 11 is 1.60. The van der Waals surface area contributed by atoms with E-state index >= 15 is 0 Å². The van der Waals surface area contributed by atoms with Gasteiger partial charge in [-0.1, -0.05) is 18.2 Å². The van der Waals surface area contributed by atoms with Crippen LogP contribution in [0.4, 0.5) is 13.2 Å². The van der Waals surface area contributed by atoms with Crippen molar-refractivity contribution >= 4 is 22.2 Å². The van der Waals surface area contributed by atoms with Gasteiger partial charge in [0, 0.05) is 53.2 Å². The average Bonchev–Trinajstić information content (AvgIpc) is 3.57. The molecule has 190 valence electrons. The van der Waals surface area contributed by atoms with Crippen LogP contribution in [0.1, 0.15) is 46.9 Å². The zero-order valence-corrected chi connectivity index (χ0v) is 20.8. The summed E-state index contributed by atoms with van der Waals surface area (Å²) in [6.07, 6.45) is 5.01. The van der Waals surface area contributed by atoms with E-state index in [2.05, 4.69) is 16.0 Å². The van der Waals surface area contributed by atoms with Crippen LogP contribution in [0.25, 0.3) is 10.9 Å². The van der Waals surface area contributed by atoms with Crippen molar-refractivity contribution in [2.75, 3.05) is 39.5 Å². The van der Waals surface area contributed by atoms with Crippen molar-refractivity contribution < 1.29 is 18.3 Å². The van der Waals surface area contributed by atoms with E-state index in [1.54, 1.807) is 11.3 Å². The Morgan fingerprint density at radius 2 is 2.11 bits per heavy atom. The van der Waals surface area contributed by atoms with Crippen LogP contribution in [0.5, 0.6) is 0 Å². The molecule has 9 heteroatoms. The molecule has 0 unspecified atom stereocenters. The second-order valence-electron chi connectivity index (χ2n) is 10.1. The maximum Gasteiger partial charge on any atom is 0.283 e. The number of likely N-dealkylation sites (tertiary alicyclic amines) is 1. The normalized spacial score (nSPS) is 23.9. The Balaban J connectivity index is 1.44. The minimum atomic E-state index is -3.18. The summed E-state index contributed by atoms with van der Waals surface area (Å²) in [6, 6.07) is 7.60. The van der Waals surface area contributed by atoms with Crippen LogP contribution in [0.2, 0.25) is 0 Å². The van der Waals surface area contributed by atoms with Gasteiger partial charge in [0.25, 0.3) is 5.92 Å². The van der Waals surface area contributed by atoms with Crippen molar-refractivity contribution in [1.82, 2.24) is 19.8 Å². The van der Waals surface area contributed by atoms with Crippen molar-refractivity contribution in [3.8, 4) is 0 Å². The number of aromatic amines is 1. The number of hydrogen-bond acceptors (Lipinski definition) is 5. The fourth-order valence-electron chi connectivity index (χ4n) is 5.74. The highest BCUT2D eigenvalue weighted by molar-refractivity contribution is 7.11. The number of alkyl halides is 3. The van der Waals surface area contributed by atoms with Gasteiger partial charge in [0.2, 0.25) is 0 Å². The molecule has 5 rings (SSSR count). The van der Waals surface area contributed by atoms with Gasteiger partial charge in [-0.15, -0.1) is 11.3 Å². The molecule has 0 saturated carbocycles. The number of thiazole rings is 1. The molecular formula is C26H33F3N4OS. The smallest absolute Gasteiger partial charge is 0.283 e. The highest BCUT2D eigenvalue weighted by Gasteiger charge is 2.42. The predicted molar refractivity (Wildman–Crippen MR) is 133 cm³/mol. The fourth-order valence-corrected chi connectivity index (χ4v) is 6.90. The monoisotopic (exact) mass is 506 g/mol. The summed E-state index contributed by atoms with van der Waals surface area (Å²) in [5.41, 5.74) is 3.14. The van der Waals surface area contributed by atoms with Crippen molar-refractivity contribution in [3.05, 3.63) is 51.6 Å². The highest BCUT2D eigenvalue weighted by atomic mass is 32.1. The van der Waals surface area contributed by atoms with Gasteiger partial charge in [-0.05, 0) is 50.3 Å². The Morgan fingerprint density at radius 3 is 2.91 bits per heavy atom. The molecule has 3 aromatic rings. The van der Waals surface area contributed by atoms with E-state index in [1.807, 2.05) is 36.2 Å². The van der Waals surface area contributed by atoms with Gasteiger partial charge in [-0.3, -0.25) is 9.29 Å². The molecule has 2 aliphatic heterocycles. The Kier molecular flexibility index (Phi) is 7.21. The standard InChI is InChI=1S/C26H33F3N4OS/c1-17-11-20-19-5-2-3-6-21(19)31-24(20)25(33(17)15-26(28,29)16-34)22-13-30-23(35-22)12-18-7-10-32(14-18)9-4-8-27/h2-3,5-6,13,17-18,25,31,34H,4,7-12,14-16H2,1H3/t17-,18+,25-/m1/s1. The molecule has 2 N–H and O–H groups in total. The van der Waals surface area contributed by atoms with E-state index in [9.17, 15) is 18.3 Å². The van der Waals surface area contributed by atoms with Crippen LogP contribution in [0.15, 0.2) is 30.5 Å². The lowest BCUT2D eigenvalue weighted by Crippen LogP contribution is -2.49. The lowest BCUT2D eigenvalue weighted by Gasteiger charge is -2.41. The number of nitrogens with one attached hydrogen (secondary N) is 1. The van der Waals surface area contributed by atoms with Gasteiger partial charge < -0.3 is 15.0 Å². The number of halogens is 3. The minimum Gasteiger partial charge on any atom is -0.390 e. The van der Waals surface area contributed by atoms with Crippen molar-refractivity contribution in [2.45, 2.75) is 50.6 Å². The van der Waals surface area contributed by atoms with Crippen LogP contribution in [0, 0.1) is 5.92 Å². The molecule has 0 aliphatic carbocycles. The minimum absolute atomic E-state index is 0.117. The Bertz CT molecular complexity index is 1150. The number of H-pyrrole nitrogens is 1. The Labute approximate surface area is 208 Å². The maximum atomic E-state index is 14.4. The molecule has 2 aromatic heterocycles. The fraction of sp³-hybridized carbons (Fsp3) is 0.577. The first-order valence-corrected chi connectivity index (χ1v) is 13.3. The van der Waals surface area contributed by atoms with Crippen LogP contribution < -0.4 is 0 Å². The summed E-state index contributed by atoms with van der Waals surface area (Å²) in [6.45, 7) is 2.77. The zero-order valence-electron chi connectivity index (χ0n) is 20.0. The van der Waals surface area contributed by atoms with Crippen molar-refractivity contribution in [3.63, 3.8) is 0 Å². The summed E-state index contributed by atoms with van der Waals surface area (Å²) in [4.78, 5) is 13.3. The molecule has 1 aromatic carbocycles. The van der Waals surface area contributed by atoms with Gasteiger partial charge in [0.05, 0.1) is 24.3 Å². The van der Waals surface area contributed by atoms with Gasteiger partial charge in [-0.25, -0.2) is 13.8 Å². The number of fused-ring (bicyclic) bond motifs is 3. The molecule has 35 heavy (non-hydrogen) atoms. The number of para-hydroxylation sites is 1. The van der Waals surface area contributed by atoms with Crippen LogP contribution in [0.3, 0.4) is 0 Å². The lowest BCUT2D eigenvalue weighted by atomic mass is 9.91. The number of rotatable bonds is 9. The second-order valence-corrected chi connectivity index (χ2v) is 11.2. The highest BCUT2D eigenvalue weighted by Crippen LogP contribution is 2.43. The van der Waals surface area contributed by atoms with E-state index in [-0.39, 0.29) is 18.8 Å². The third kappa shape index (κ3) is 5.14. The van der Waals surface area contributed by atoms with Gasteiger partial charge >= 0.3 is 0 Å². The van der Waals surface area contributed by atoms with Crippen LogP contribution in [-0.4, -0.2) is 76.3 Å². The van der Waals surface area contributed by atoms with E-state index in [4.69, 9.17) is 4.98 Å². The van der Waals surface area contributed by atoms with E-state index in [1.165, 1.54) is 5.56 Å². The SMILES string of the molecule is C[C@@H]1Cc2c([nH]c3ccccc23)[C@@H](c2cnc(C[C@@H]3CCN(CCCF)C3)s2)N1CC(F)(F)CO. The molecule has 0 radical (unpaired) electrons. The van der Waals surface area contributed by atoms with E-state index < -0.39 is 19.1 Å². The quantitative estimate of drug-likeness (QED) is 0.437. The van der Waals surface area contributed by atoms with Crippen LogP contribution >= 0.6 is 11.3 Å². The summed E-state index contributed by atoms with van der Waals surface area (Å²) in [5.74, 6) is -2.70. The molecule has 2 aliphatic rings. The molecule has 4 heterocycles. The van der Waals surface area contributed by atoms with Crippen LogP contribution in [-0.2, 0) is 12.8 Å². The molecule has 1 fully saturated rings. The molecule has 1 saturated heterocycles. The Hall–Kier alpha value is -1.94. The first-order chi connectivity index (χ1) is 16.9. The van der Waals surface area contributed by atoms with Crippen molar-refractivity contribution in [1.29, 1.82) is 0 Å². The summed E-state index contributed by atoms with van der Waals surface area (Å²) in [5, 5.41) is 11.4. The molecular weight excluding hydrogens is 473 g/mol. The number of aliphatic hydroxyl groups excluding tert-OH is 1. The number of hydrogen-bond donors (Lipinski definition) is 2. The molecule has 0 spiro atoms. The van der Waals surface area contributed by atoms with Gasteiger partial charge in [0.15, 0.2) is 0 Å². The first kappa shape index (κ1) is 24.7. The zero-order chi connectivity index (χ0) is 24.6. The number of benzene rings is 1.